The van der Waals surface area contributed by atoms with Gasteiger partial charge in [0.25, 0.3) is 0 Å². The van der Waals surface area contributed by atoms with Crippen LogP contribution in [0.4, 0.5) is 0 Å². The van der Waals surface area contributed by atoms with Crippen LogP contribution in [0.25, 0.3) is 0 Å². The molecule has 1 atom stereocenters. The zero-order chi connectivity index (χ0) is 16.7. The van der Waals surface area contributed by atoms with Crippen molar-refractivity contribution in [3.05, 3.63) is 34.9 Å². The van der Waals surface area contributed by atoms with Gasteiger partial charge in [0.2, 0.25) is 11.8 Å². The van der Waals surface area contributed by atoms with Gasteiger partial charge in [-0.05, 0) is 11.6 Å². The van der Waals surface area contributed by atoms with E-state index in [1.165, 1.54) is 11.8 Å². The van der Waals surface area contributed by atoms with Gasteiger partial charge >= 0.3 is 0 Å². The first-order chi connectivity index (χ1) is 11.1. The highest BCUT2D eigenvalue weighted by Crippen LogP contribution is 2.20. The van der Waals surface area contributed by atoms with Crippen LogP contribution in [0.5, 0.6) is 0 Å². The van der Waals surface area contributed by atoms with Crippen molar-refractivity contribution >= 4 is 35.2 Å². The smallest absolute Gasteiger partial charge is 0.230 e. The van der Waals surface area contributed by atoms with Crippen molar-refractivity contribution in [2.45, 2.75) is 18.2 Å². The van der Waals surface area contributed by atoms with E-state index in [0.29, 0.717) is 37.6 Å². The molecule has 0 spiro atoms. The van der Waals surface area contributed by atoms with Crippen LogP contribution >= 0.6 is 23.4 Å². The van der Waals surface area contributed by atoms with E-state index < -0.39 is 0 Å². The largest absolute Gasteiger partial charge is 0.383 e. The average molecular weight is 357 g/mol. The molecule has 1 saturated heterocycles. The summed E-state index contributed by atoms with van der Waals surface area (Å²) in [5.41, 5.74) is 1.02. The van der Waals surface area contributed by atoms with E-state index in [0.717, 1.165) is 10.6 Å². The number of hydrogen-bond acceptors (Lipinski definition) is 4. The minimum atomic E-state index is -0.104. The molecule has 1 fully saturated rings. The van der Waals surface area contributed by atoms with Crippen molar-refractivity contribution in [1.82, 2.24) is 10.2 Å². The molecule has 0 aliphatic carbocycles. The maximum atomic E-state index is 12.0. The maximum absolute atomic E-state index is 12.0. The zero-order valence-corrected chi connectivity index (χ0v) is 14.7. The topological polar surface area (TPSA) is 58.6 Å². The molecule has 23 heavy (non-hydrogen) atoms. The maximum Gasteiger partial charge on any atom is 0.230 e. The molecule has 2 amide bonds. The number of carbonyl (C=O) groups is 2. The first kappa shape index (κ1) is 18.1. The Kier molecular flexibility index (Phi) is 7.20. The number of nitrogens with one attached hydrogen (secondary N) is 1. The highest BCUT2D eigenvalue weighted by atomic mass is 35.5. The van der Waals surface area contributed by atoms with E-state index >= 15 is 0 Å². The fourth-order valence-electron chi connectivity index (χ4n) is 2.42. The molecule has 1 unspecified atom stereocenters. The molecule has 1 aliphatic rings. The van der Waals surface area contributed by atoms with Crippen molar-refractivity contribution in [3.63, 3.8) is 0 Å². The van der Waals surface area contributed by atoms with Crippen LogP contribution in [-0.2, 0) is 20.1 Å². The van der Waals surface area contributed by atoms with Crippen molar-refractivity contribution in [2.24, 2.45) is 0 Å². The molecule has 7 heteroatoms. The first-order valence-corrected chi connectivity index (χ1v) is 9.00. The number of methoxy groups -OCH3 is 1. The molecule has 0 bridgehead atoms. The Morgan fingerprint density at radius 1 is 1.48 bits per heavy atom. The number of hydrogen-bond donors (Lipinski definition) is 1. The lowest BCUT2D eigenvalue weighted by molar-refractivity contribution is -0.128. The third-order valence-electron chi connectivity index (χ3n) is 3.59. The number of rotatable bonds is 8. The second-order valence-electron chi connectivity index (χ2n) is 5.39. The molecule has 1 aromatic carbocycles. The van der Waals surface area contributed by atoms with Gasteiger partial charge in [-0.3, -0.25) is 9.59 Å². The lowest BCUT2D eigenvalue weighted by Crippen LogP contribution is -2.38. The quantitative estimate of drug-likeness (QED) is 0.773. The number of ether oxygens (including phenoxy) is 1. The minimum Gasteiger partial charge on any atom is -0.383 e. The van der Waals surface area contributed by atoms with E-state index in [4.69, 9.17) is 16.3 Å². The van der Waals surface area contributed by atoms with Gasteiger partial charge in [-0.15, -0.1) is 11.8 Å². The number of carbonyl (C=O) groups excluding carboxylic acids is 2. The molecule has 1 N–H and O–H groups in total. The van der Waals surface area contributed by atoms with E-state index in [1.54, 1.807) is 12.0 Å². The number of benzene rings is 1. The third kappa shape index (κ3) is 5.71. The summed E-state index contributed by atoms with van der Waals surface area (Å²) >= 11 is 7.60. The van der Waals surface area contributed by atoms with Crippen LogP contribution in [0.1, 0.15) is 12.0 Å². The summed E-state index contributed by atoms with van der Waals surface area (Å²) in [6.07, 6.45) is 0.366. The molecule has 0 aromatic heterocycles. The summed E-state index contributed by atoms with van der Waals surface area (Å²) in [5, 5.41) is 3.64. The van der Waals surface area contributed by atoms with Crippen LogP contribution in [0, 0.1) is 0 Å². The standard InChI is InChI=1S/C16H21ClN2O3S/c1-22-7-6-19-9-13(8-16(19)21)18-15(20)11-23-10-12-4-2-3-5-14(12)17/h2-5,13H,6-11H2,1H3,(H,18,20). The van der Waals surface area contributed by atoms with Gasteiger partial charge in [-0.1, -0.05) is 29.8 Å². The molecule has 5 nitrogen and oxygen atoms in total. The van der Waals surface area contributed by atoms with Gasteiger partial charge in [0.05, 0.1) is 18.4 Å². The van der Waals surface area contributed by atoms with E-state index in [9.17, 15) is 9.59 Å². The Balaban J connectivity index is 1.69. The molecular weight excluding hydrogens is 336 g/mol. The number of likely N-dealkylation sites (tertiary alicyclic amines) is 1. The minimum absolute atomic E-state index is 0.0477. The molecule has 1 aromatic rings. The number of thioether (sulfide) groups is 1. The Hall–Kier alpha value is -1.24. The molecule has 0 radical (unpaired) electrons. The summed E-state index contributed by atoms with van der Waals surface area (Å²) in [6.45, 7) is 1.65. The van der Waals surface area contributed by atoms with Crippen molar-refractivity contribution in [2.75, 3.05) is 32.6 Å². The highest BCUT2D eigenvalue weighted by molar-refractivity contribution is 7.99. The van der Waals surface area contributed by atoms with Crippen molar-refractivity contribution in [3.8, 4) is 0 Å². The predicted molar refractivity (Wildman–Crippen MR) is 92.6 cm³/mol. The van der Waals surface area contributed by atoms with Gasteiger partial charge in [-0.25, -0.2) is 0 Å². The van der Waals surface area contributed by atoms with E-state index in [2.05, 4.69) is 5.32 Å². The first-order valence-electron chi connectivity index (χ1n) is 7.47. The van der Waals surface area contributed by atoms with Gasteiger partial charge in [0.1, 0.15) is 0 Å². The second-order valence-corrected chi connectivity index (χ2v) is 6.78. The number of nitrogens with zero attached hydrogens (tertiary/aromatic N) is 1. The molecular formula is C16H21ClN2O3S. The average Bonchev–Trinajstić information content (AvgIpc) is 2.86. The highest BCUT2D eigenvalue weighted by Gasteiger charge is 2.29. The Morgan fingerprint density at radius 3 is 3.00 bits per heavy atom. The summed E-state index contributed by atoms with van der Waals surface area (Å²) in [4.78, 5) is 25.5. The summed E-state index contributed by atoms with van der Waals surface area (Å²) in [7, 11) is 1.61. The normalized spacial score (nSPS) is 17.6. The van der Waals surface area contributed by atoms with Crippen LogP contribution in [0.2, 0.25) is 5.02 Å². The van der Waals surface area contributed by atoms with E-state index in [-0.39, 0.29) is 17.9 Å². The van der Waals surface area contributed by atoms with Crippen LogP contribution in [-0.4, -0.2) is 55.3 Å². The number of halogens is 1. The van der Waals surface area contributed by atoms with Gasteiger partial charge in [0, 0.05) is 37.4 Å². The van der Waals surface area contributed by atoms with Crippen LogP contribution in [0.15, 0.2) is 24.3 Å². The Morgan fingerprint density at radius 2 is 2.26 bits per heavy atom. The molecule has 1 heterocycles. The van der Waals surface area contributed by atoms with Gasteiger partial charge < -0.3 is 15.0 Å². The summed E-state index contributed by atoms with van der Waals surface area (Å²) < 4.78 is 4.98. The predicted octanol–water partition coefficient (Wildman–Crippen LogP) is 1.94. The monoisotopic (exact) mass is 356 g/mol. The van der Waals surface area contributed by atoms with Crippen LogP contribution < -0.4 is 5.32 Å². The molecule has 1 aliphatic heterocycles. The van der Waals surface area contributed by atoms with E-state index in [1.807, 2.05) is 24.3 Å². The fraction of sp³-hybridized carbons (Fsp3) is 0.500. The van der Waals surface area contributed by atoms with Crippen molar-refractivity contribution < 1.29 is 14.3 Å². The molecule has 0 saturated carbocycles. The second kappa shape index (κ2) is 9.15. The summed E-state index contributed by atoms with van der Waals surface area (Å²) in [6, 6.07) is 7.51. The van der Waals surface area contributed by atoms with Crippen LogP contribution in [0.3, 0.4) is 0 Å². The van der Waals surface area contributed by atoms with Gasteiger partial charge in [0.15, 0.2) is 0 Å². The molecule has 2 rings (SSSR count). The lowest BCUT2D eigenvalue weighted by atomic mass is 10.2. The van der Waals surface area contributed by atoms with Gasteiger partial charge in [-0.2, -0.15) is 0 Å². The Bertz CT molecular complexity index is 556. The fourth-order valence-corrected chi connectivity index (χ4v) is 3.55. The van der Waals surface area contributed by atoms with Crippen molar-refractivity contribution in [1.29, 1.82) is 0 Å². The zero-order valence-electron chi connectivity index (χ0n) is 13.1. The SMILES string of the molecule is COCCN1CC(NC(=O)CSCc2ccccc2Cl)CC1=O. The summed E-state index contributed by atoms with van der Waals surface area (Å²) in [5.74, 6) is 1.06. The lowest BCUT2D eigenvalue weighted by Gasteiger charge is -2.16. The number of amides is 2. The Labute approximate surface area is 145 Å². The molecule has 126 valence electrons. The third-order valence-corrected chi connectivity index (χ3v) is 4.94.